The third-order valence-corrected chi connectivity index (χ3v) is 5.20. The van der Waals surface area contributed by atoms with Crippen LogP contribution < -0.4 is 10.6 Å². The van der Waals surface area contributed by atoms with Crippen molar-refractivity contribution in [3.05, 3.63) is 65.0 Å². The van der Waals surface area contributed by atoms with Crippen LogP contribution in [0.15, 0.2) is 42.5 Å². The highest BCUT2D eigenvalue weighted by atomic mass is 19.4. The van der Waals surface area contributed by atoms with Crippen LogP contribution >= 0.6 is 0 Å². The van der Waals surface area contributed by atoms with Crippen LogP contribution in [-0.4, -0.2) is 49.1 Å². The minimum atomic E-state index is -4.25. The lowest BCUT2D eigenvalue weighted by Gasteiger charge is -2.18. The molecular weight excluding hydrogens is 414 g/mol. The zero-order valence-corrected chi connectivity index (χ0v) is 16.9. The van der Waals surface area contributed by atoms with Gasteiger partial charge in [-0.15, -0.1) is 0 Å². The lowest BCUT2D eigenvalue weighted by molar-refractivity contribution is -0.143. The molecule has 3 rings (SSSR count). The third kappa shape index (κ3) is 6.04. The van der Waals surface area contributed by atoms with E-state index >= 15 is 0 Å². The first-order valence-corrected chi connectivity index (χ1v) is 9.87. The molecule has 1 fully saturated rings. The van der Waals surface area contributed by atoms with E-state index in [4.69, 9.17) is 0 Å². The van der Waals surface area contributed by atoms with Crippen LogP contribution in [0.4, 0.5) is 23.2 Å². The predicted octanol–water partition coefficient (Wildman–Crippen LogP) is 4.00. The largest absolute Gasteiger partial charge is 0.401 e. The third-order valence-electron chi connectivity index (χ3n) is 5.20. The first-order chi connectivity index (χ1) is 14.6. The number of nitrogens with zero attached hydrogens (tertiary/aromatic N) is 1. The molecule has 0 saturated carbocycles. The molecule has 5 nitrogen and oxygen atoms in total. The molecule has 2 amide bonds. The molecule has 0 bridgehead atoms. The van der Waals surface area contributed by atoms with E-state index in [-0.39, 0.29) is 35.8 Å². The number of benzene rings is 2. The number of halogens is 4. The van der Waals surface area contributed by atoms with Gasteiger partial charge in [-0.2, -0.15) is 13.2 Å². The van der Waals surface area contributed by atoms with Gasteiger partial charge in [0.15, 0.2) is 0 Å². The number of carbonyl (C=O) groups is 2. The molecule has 0 spiro atoms. The first-order valence-electron chi connectivity index (χ1n) is 9.87. The van der Waals surface area contributed by atoms with Crippen molar-refractivity contribution in [2.45, 2.75) is 19.5 Å². The quantitative estimate of drug-likeness (QED) is 0.672. The predicted molar refractivity (Wildman–Crippen MR) is 108 cm³/mol. The van der Waals surface area contributed by atoms with Crippen LogP contribution in [-0.2, 0) is 0 Å². The number of likely N-dealkylation sites (tertiary alicyclic amines) is 1. The Kier molecular flexibility index (Phi) is 6.94. The zero-order chi connectivity index (χ0) is 22.6. The second-order valence-corrected chi connectivity index (χ2v) is 7.65. The number of para-hydroxylation sites is 1. The summed E-state index contributed by atoms with van der Waals surface area (Å²) < 4.78 is 51.5. The van der Waals surface area contributed by atoms with Crippen molar-refractivity contribution in [3.63, 3.8) is 0 Å². The summed E-state index contributed by atoms with van der Waals surface area (Å²) >= 11 is 0. The van der Waals surface area contributed by atoms with Crippen molar-refractivity contribution < 1.29 is 27.2 Å². The summed E-state index contributed by atoms with van der Waals surface area (Å²) in [5.74, 6) is -1.90. The Morgan fingerprint density at radius 1 is 1.06 bits per heavy atom. The van der Waals surface area contributed by atoms with Crippen LogP contribution in [0.3, 0.4) is 0 Å². The minimum absolute atomic E-state index is 0.0902. The molecule has 9 heteroatoms. The number of carbonyl (C=O) groups excluding carboxylic acids is 2. The highest BCUT2D eigenvalue weighted by molar-refractivity contribution is 6.09. The van der Waals surface area contributed by atoms with Gasteiger partial charge < -0.3 is 10.6 Å². The number of nitrogens with one attached hydrogen (secondary N) is 2. The number of aryl methyl sites for hydroxylation is 1. The van der Waals surface area contributed by atoms with Crippen LogP contribution in [0.2, 0.25) is 0 Å². The highest BCUT2D eigenvalue weighted by Gasteiger charge is 2.34. The summed E-state index contributed by atoms with van der Waals surface area (Å²) in [7, 11) is 0. The summed E-state index contributed by atoms with van der Waals surface area (Å²) in [6, 6.07) is 10.4. The van der Waals surface area contributed by atoms with Gasteiger partial charge in [0.2, 0.25) is 0 Å². The SMILES string of the molecule is Cc1cccc(C(=O)NCC2CCN(CC(F)(F)F)C2)c1NC(=O)c1ccccc1F. The Labute approximate surface area is 177 Å². The number of amides is 2. The number of hydrogen-bond donors (Lipinski definition) is 2. The average molecular weight is 437 g/mol. The Bertz CT molecular complexity index is 962. The molecule has 2 aromatic rings. The van der Waals surface area contributed by atoms with E-state index in [0.29, 0.717) is 18.5 Å². The normalized spacial score (nSPS) is 16.9. The molecule has 0 radical (unpaired) electrons. The van der Waals surface area contributed by atoms with Crippen molar-refractivity contribution in [2.24, 2.45) is 5.92 Å². The first kappa shape index (κ1) is 22.7. The maximum Gasteiger partial charge on any atom is 0.401 e. The van der Waals surface area contributed by atoms with Gasteiger partial charge in [-0.05, 0) is 49.6 Å². The lowest BCUT2D eigenvalue weighted by atomic mass is 10.1. The molecule has 1 unspecified atom stereocenters. The van der Waals surface area contributed by atoms with E-state index < -0.39 is 30.4 Å². The molecule has 1 aliphatic rings. The van der Waals surface area contributed by atoms with Gasteiger partial charge in [-0.1, -0.05) is 24.3 Å². The van der Waals surface area contributed by atoms with Crippen molar-refractivity contribution in [1.82, 2.24) is 10.2 Å². The summed E-state index contributed by atoms with van der Waals surface area (Å²) in [5.41, 5.74) is 0.940. The van der Waals surface area contributed by atoms with Gasteiger partial charge >= 0.3 is 6.18 Å². The van der Waals surface area contributed by atoms with Gasteiger partial charge in [-0.3, -0.25) is 14.5 Å². The second-order valence-electron chi connectivity index (χ2n) is 7.65. The van der Waals surface area contributed by atoms with E-state index in [1.807, 2.05) is 0 Å². The topological polar surface area (TPSA) is 61.4 Å². The second kappa shape index (κ2) is 9.47. The maximum absolute atomic E-state index is 13.9. The number of rotatable bonds is 6. The van der Waals surface area contributed by atoms with Crippen molar-refractivity contribution in [1.29, 1.82) is 0 Å². The summed E-state index contributed by atoms with van der Waals surface area (Å²) in [5, 5.41) is 5.35. The molecule has 1 saturated heterocycles. The van der Waals surface area contributed by atoms with E-state index in [1.165, 1.54) is 35.2 Å². The van der Waals surface area contributed by atoms with Gasteiger partial charge in [0.25, 0.3) is 11.8 Å². The number of alkyl halides is 3. The fourth-order valence-corrected chi connectivity index (χ4v) is 3.66. The van der Waals surface area contributed by atoms with Gasteiger partial charge in [-0.25, -0.2) is 4.39 Å². The van der Waals surface area contributed by atoms with E-state index in [9.17, 15) is 27.2 Å². The van der Waals surface area contributed by atoms with Crippen molar-refractivity contribution in [3.8, 4) is 0 Å². The van der Waals surface area contributed by atoms with Gasteiger partial charge in [0.1, 0.15) is 5.82 Å². The molecule has 0 aliphatic carbocycles. The van der Waals surface area contributed by atoms with E-state index in [1.54, 1.807) is 19.1 Å². The molecule has 0 aromatic heterocycles. The molecule has 1 heterocycles. The number of hydrogen-bond acceptors (Lipinski definition) is 3. The van der Waals surface area contributed by atoms with E-state index in [2.05, 4.69) is 10.6 Å². The van der Waals surface area contributed by atoms with Crippen molar-refractivity contribution in [2.75, 3.05) is 31.5 Å². The smallest absolute Gasteiger partial charge is 0.352 e. The fourth-order valence-electron chi connectivity index (χ4n) is 3.66. The zero-order valence-electron chi connectivity index (χ0n) is 16.9. The van der Waals surface area contributed by atoms with Crippen LogP contribution in [0.5, 0.6) is 0 Å². The molecule has 31 heavy (non-hydrogen) atoms. The standard InChI is InChI=1S/C22H23F4N3O2/c1-14-5-4-7-17(19(14)28-21(31)16-6-2-3-8-18(16)23)20(30)27-11-15-9-10-29(12-15)13-22(24,25)26/h2-8,15H,9-13H2,1H3,(H,27,30)(H,28,31). The van der Waals surface area contributed by atoms with Gasteiger partial charge in [0, 0.05) is 13.1 Å². The van der Waals surface area contributed by atoms with Gasteiger partial charge in [0.05, 0.1) is 23.4 Å². The Morgan fingerprint density at radius 2 is 1.77 bits per heavy atom. The minimum Gasteiger partial charge on any atom is -0.352 e. The summed E-state index contributed by atoms with van der Waals surface area (Å²) in [6.07, 6.45) is -3.69. The van der Waals surface area contributed by atoms with E-state index in [0.717, 1.165) is 0 Å². The maximum atomic E-state index is 13.9. The molecule has 1 atom stereocenters. The summed E-state index contributed by atoms with van der Waals surface area (Å²) in [6.45, 7) is 1.56. The number of anilines is 1. The monoisotopic (exact) mass is 437 g/mol. The molecule has 1 aliphatic heterocycles. The Morgan fingerprint density at radius 3 is 2.48 bits per heavy atom. The molecule has 166 valence electrons. The van der Waals surface area contributed by atoms with Crippen LogP contribution in [0.1, 0.15) is 32.7 Å². The van der Waals surface area contributed by atoms with Crippen LogP contribution in [0, 0.1) is 18.7 Å². The average Bonchev–Trinajstić information content (AvgIpc) is 3.13. The van der Waals surface area contributed by atoms with Crippen molar-refractivity contribution >= 4 is 17.5 Å². The summed E-state index contributed by atoms with van der Waals surface area (Å²) in [4.78, 5) is 26.6. The highest BCUT2D eigenvalue weighted by Crippen LogP contribution is 2.24. The fraction of sp³-hybridized carbons (Fsp3) is 0.364. The Hall–Kier alpha value is -2.94. The molecule has 2 N–H and O–H groups in total. The molecule has 2 aromatic carbocycles. The lowest BCUT2D eigenvalue weighted by Crippen LogP contribution is -2.35. The Balaban J connectivity index is 1.65. The van der Waals surface area contributed by atoms with Crippen LogP contribution in [0.25, 0.3) is 0 Å². The molecular formula is C22H23F4N3O2.